The Morgan fingerprint density at radius 1 is 1.33 bits per heavy atom. The molecule has 3 rings (SSSR count). The molecule has 0 atom stereocenters. The molecule has 0 heterocycles. The lowest BCUT2D eigenvalue weighted by atomic mass is 10.2. The molecule has 0 unspecified atom stereocenters. The largest absolute Gasteiger partial charge is 0.310 e. The second-order valence-electron chi connectivity index (χ2n) is 6.54. The summed E-state index contributed by atoms with van der Waals surface area (Å²) in [6.45, 7) is 3.28. The molecular formula is C15H21ClN2O2S. The number of rotatable bonds is 7. The van der Waals surface area contributed by atoms with Crippen LogP contribution in [0.4, 0.5) is 0 Å². The summed E-state index contributed by atoms with van der Waals surface area (Å²) in [4.78, 5) is 0.243. The Bertz CT molecular complexity index is 637. The predicted octanol–water partition coefficient (Wildman–Crippen LogP) is 2.67. The van der Waals surface area contributed by atoms with Crippen molar-refractivity contribution >= 4 is 21.6 Å². The molecule has 6 heteroatoms. The molecule has 21 heavy (non-hydrogen) atoms. The molecule has 2 aliphatic rings. The number of sulfonamides is 1. The van der Waals surface area contributed by atoms with Gasteiger partial charge in [0.25, 0.3) is 0 Å². The minimum atomic E-state index is -3.47. The van der Waals surface area contributed by atoms with E-state index in [0.717, 1.165) is 18.4 Å². The number of nitrogens with one attached hydrogen (secondary N) is 2. The molecule has 0 aliphatic heterocycles. The van der Waals surface area contributed by atoms with Crippen LogP contribution in [0.2, 0.25) is 5.02 Å². The Hall–Kier alpha value is -0.620. The maximum atomic E-state index is 12.3. The van der Waals surface area contributed by atoms with E-state index in [0.29, 0.717) is 24.2 Å². The molecule has 0 radical (unpaired) electrons. The predicted molar refractivity (Wildman–Crippen MR) is 83.8 cm³/mol. The summed E-state index contributed by atoms with van der Waals surface area (Å²) in [6, 6.07) is 5.58. The SMILES string of the molecule is CC1(CNS(=O)(=O)c2ccc(CNC3CC3)c(Cl)c2)CC1. The summed E-state index contributed by atoms with van der Waals surface area (Å²) >= 11 is 6.21. The first-order valence-corrected chi connectivity index (χ1v) is 9.26. The van der Waals surface area contributed by atoms with Crippen molar-refractivity contribution in [2.45, 2.75) is 50.1 Å². The van der Waals surface area contributed by atoms with Crippen molar-refractivity contribution in [1.82, 2.24) is 10.0 Å². The fourth-order valence-corrected chi connectivity index (χ4v) is 3.66. The molecule has 2 fully saturated rings. The van der Waals surface area contributed by atoms with Gasteiger partial charge in [-0.1, -0.05) is 24.6 Å². The third-order valence-corrected chi connectivity index (χ3v) is 6.04. The molecule has 4 nitrogen and oxygen atoms in total. The highest BCUT2D eigenvalue weighted by molar-refractivity contribution is 7.89. The van der Waals surface area contributed by atoms with E-state index in [4.69, 9.17) is 11.6 Å². The van der Waals surface area contributed by atoms with E-state index in [1.54, 1.807) is 18.2 Å². The van der Waals surface area contributed by atoms with Crippen molar-refractivity contribution < 1.29 is 8.42 Å². The number of hydrogen-bond acceptors (Lipinski definition) is 3. The summed E-state index contributed by atoms with van der Waals surface area (Å²) in [7, 11) is -3.47. The lowest BCUT2D eigenvalue weighted by Gasteiger charge is -2.12. The topological polar surface area (TPSA) is 58.2 Å². The first-order valence-electron chi connectivity index (χ1n) is 7.40. The van der Waals surface area contributed by atoms with Gasteiger partial charge < -0.3 is 5.32 Å². The van der Waals surface area contributed by atoms with E-state index in [-0.39, 0.29) is 10.3 Å². The third kappa shape index (κ3) is 3.97. The molecular weight excluding hydrogens is 308 g/mol. The van der Waals surface area contributed by atoms with Crippen molar-refractivity contribution in [3.8, 4) is 0 Å². The van der Waals surface area contributed by atoms with Gasteiger partial charge in [-0.25, -0.2) is 13.1 Å². The van der Waals surface area contributed by atoms with Crippen LogP contribution in [0.5, 0.6) is 0 Å². The Labute approximate surface area is 131 Å². The first-order chi connectivity index (χ1) is 9.88. The first kappa shape index (κ1) is 15.3. The van der Waals surface area contributed by atoms with Crippen molar-refractivity contribution in [2.75, 3.05) is 6.54 Å². The van der Waals surface area contributed by atoms with Gasteiger partial charge in [-0.15, -0.1) is 0 Å². The van der Waals surface area contributed by atoms with Crippen LogP contribution in [0.15, 0.2) is 23.1 Å². The zero-order valence-corrected chi connectivity index (χ0v) is 13.7. The van der Waals surface area contributed by atoms with Crippen LogP contribution < -0.4 is 10.0 Å². The minimum absolute atomic E-state index is 0.144. The quantitative estimate of drug-likeness (QED) is 0.809. The van der Waals surface area contributed by atoms with Gasteiger partial charge in [0.05, 0.1) is 4.90 Å². The van der Waals surface area contributed by atoms with Crippen LogP contribution in [-0.4, -0.2) is 21.0 Å². The van der Waals surface area contributed by atoms with Crippen LogP contribution >= 0.6 is 11.6 Å². The average molecular weight is 329 g/mol. The average Bonchev–Trinajstić information content (AvgIpc) is 3.33. The zero-order chi connectivity index (χ0) is 15.1. The van der Waals surface area contributed by atoms with Crippen LogP contribution in [-0.2, 0) is 16.6 Å². The summed E-state index contributed by atoms with van der Waals surface area (Å²) < 4.78 is 27.2. The highest BCUT2D eigenvalue weighted by Crippen LogP contribution is 2.44. The Kier molecular flexibility index (Phi) is 4.03. The third-order valence-electron chi connectivity index (χ3n) is 4.29. The van der Waals surface area contributed by atoms with E-state index in [1.165, 1.54) is 12.8 Å². The summed E-state index contributed by atoms with van der Waals surface area (Å²) in [6.07, 6.45) is 4.60. The highest BCUT2D eigenvalue weighted by Gasteiger charge is 2.38. The van der Waals surface area contributed by atoms with Crippen molar-refractivity contribution in [3.63, 3.8) is 0 Å². The fraction of sp³-hybridized carbons (Fsp3) is 0.600. The lowest BCUT2D eigenvalue weighted by molar-refractivity contribution is 0.530. The minimum Gasteiger partial charge on any atom is -0.310 e. The summed E-state index contributed by atoms with van der Waals surface area (Å²) in [5.74, 6) is 0. The van der Waals surface area contributed by atoms with E-state index >= 15 is 0 Å². The molecule has 0 spiro atoms. The maximum absolute atomic E-state index is 12.3. The summed E-state index contributed by atoms with van der Waals surface area (Å²) in [5, 5.41) is 3.88. The van der Waals surface area contributed by atoms with Crippen molar-refractivity contribution in [3.05, 3.63) is 28.8 Å². The van der Waals surface area contributed by atoms with Crippen LogP contribution in [0, 0.1) is 5.41 Å². The van der Waals surface area contributed by atoms with Gasteiger partial charge in [-0.2, -0.15) is 0 Å². The molecule has 0 aromatic heterocycles. The molecule has 2 saturated carbocycles. The molecule has 2 N–H and O–H groups in total. The number of hydrogen-bond donors (Lipinski definition) is 2. The Balaban J connectivity index is 1.67. The van der Waals surface area contributed by atoms with Gasteiger partial charge in [0.15, 0.2) is 0 Å². The Morgan fingerprint density at radius 2 is 2.05 bits per heavy atom. The van der Waals surface area contributed by atoms with E-state index < -0.39 is 10.0 Å². The van der Waals surface area contributed by atoms with Gasteiger partial charge in [-0.05, 0) is 48.8 Å². The smallest absolute Gasteiger partial charge is 0.240 e. The molecule has 0 bridgehead atoms. The second-order valence-corrected chi connectivity index (χ2v) is 8.72. The number of halogens is 1. The number of benzene rings is 1. The van der Waals surface area contributed by atoms with E-state index in [1.807, 2.05) is 0 Å². The van der Waals surface area contributed by atoms with Crippen LogP contribution in [0.3, 0.4) is 0 Å². The normalized spacial score (nSPS) is 20.5. The molecule has 1 aromatic carbocycles. The molecule has 0 amide bonds. The van der Waals surface area contributed by atoms with Gasteiger partial charge >= 0.3 is 0 Å². The molecule has 2 aliphatic carbocycles. The second kappa shape index (κ2) is 5.54. The van der Waals surface area contributed by atoms with Crippen LogP contribution in [0.25, 0.3) is 0 Å². The maximum Gasteiger partial charge on any atom is 0.240 e. The standard InChI is InChI=1S/C15H21ClN2O2S/c1-15(6-7-15)10-18-21(19,20)13-5-2-11(14(16)8-13)9-17-12-3-4-12/h2,5,8,12,17-18H,3-4,6-7,9-10H2,1H3. The van der Waals surface area contributed by atoms with Crippen LogP contribution in [0.1, 0.15) is 38.2 Å². The molecule has 116 valence electrons. The summed E-state index contributed by atoms with van der Waals surface area (Å²) in [5.41, 5.74) is 1.09. The monoisotopic (exact) mass is 328 g/mol. The van der Waals surface area contributed by atoms with Gasteiger partial charge in [0.2, 0.25) is 10.0 Å². The van der Waals surface area contributed by atoms with Crippen molar-refractivity contribution in [2.24, 2.45) is 5.41 Å². The van der Waals surface area contributed by atoms with E-state index in [9.17, 15) is 8.42 Å². The highest BCUT2D eigenvalue weighted by atomic mass is 35.5. The fourth-order valence-electron chi connectivity index (χ4n) is 2.12. The lowest BCUT2D eigenvalue weighted by Crippen LogP contribution is -2.29. The van der Waals surface area contributed by atoms with Gasteiger partial charge in [0, 0.05) is 24.2 Å². The zero-order valence-electron chi connectivity index (χ0n) is 12.2. The van der Waals surface area contributed by atoms with Crippen molar-refractivity contribution in [1.29, 1.82) is 0 Å². The molecule has 1 aromatic rings. The molecule has 0 saturated heterocycles. The van der Waals surface area contributed by atoms with Gasteiger partial charge in [0.1, 0.15) is 0 Å². The van der Waals surface area contributed by atoms with Gasteiger partial charge in [-0.3, -0.25) is 0 Å². The van der Waals surface area contributed by atoms with E-state index in [2.05, 4.69) is 17.0 Å². The Morgan fingerprint density at radius 3 is 2.62 bits per heavy atom.